The molecule has 2 N–H and O–H groups in total. The Hall–Kier alpha value is -1.45. The predicted molar refractivity (Wildman–Crippen MR) is 78.7 cm³/mol. The number of sulfonamides is 1. The number of nitrogens with zero attached hydrogens (tertiary/aromatic N) is 1. The summed E-state index contributed by atoms with van der Waals surface area (Å²) in [5, 5.41) is 8.61. The maximum Gasteiger partial charge on any atom is 0.318 e. The van der Waals surface area contributed by atoms with Gasteiger partial charge in [-0.1, -0.05) is 15.9 Å². The van der Waals surface area contributed by atoms with Gasteiger partial charge in [0.25, 0.3) is 0 Å². The predicted octanol–water partition coefficient (Wildman–Crippen LogP) is 0.721. The molecule has 1 aliphatic rings. The second-order valence-corrected chi connectivity index (χ2v) is 7.20. The molecule has 0 radical (unpaired) electrons. The van der Waals surface area contributed by atoms with E-state index in [1.807, 2.05) is 4.72 Å². The maximum atomic E-state index is 12.3. The van der Waals surface area contributed by atoms with Crippen LogP contribution in [0.15, 0.2) is 21.5 Å². The summed E-state index contributed by atoms with van der Waals surface area (Å²) >= 11 is 3.23. The molecule has 1 amide bonds. The highest BCUT2D eigenvalue weighted by Crippen LogP contribution is 2.37. The van der Waals surface area contributed by atoms with Gasteiger partial charge in [-0.15, -0.1) is 0 Å². The van der Waals surface area contributed by atoms with Crippen molar-refractivity contribution >= 4 is 43.5 Å². The first-order chi connectivity index (χ1) is 9.72. The zero-order valence-electron chi connectivity index (χ0n) is 11.1. The number of halogens is 1. The van der Waals surface area contributed by atoms with Gasteiger partial charge in [0.2, 0.25) is 15.9 Å². The number of carbonyl (C=O) groups is 2. The molecule has 0 saturated carbocycles. The van der Waals surface area contributed by atoms with E-state index in [0.717, 1.165) is 5.56 Å². The molecule has 2 rings (SSSR count). The number of fused-ring (bicyclic) bond motifs is 1. The molecule has 9 heteroatoms. The number of anilines is 1. The Labute approximate surface area is 130 Å². The topological polar surface area (TPSA) is 104 Å². The second kappa shape index (κ2) is 5.74. The molecule has 1 heterocycles. The Kier molecular flexibility index (Phi) is 4.35. The summed E-state index contributed by atoms with van der Waals surface area (Å²) in [6.07, 6.45) is 0.551. The number of aliphatic carboxylic acids is 1. The molecule has 1 aromatic carbocycles. The monoisotopic (exact) mass is 376 g/mol. The van der Waals surface area contributed by atoms with E-state index < -0.39 is 22.5 Å². The van der Waals surface area contributed by atoms with Gasteiger partial charge >= 0.3 is 5.97 Å². The Morgan fingerprint density at radius 3 is 2.67 bits per heavy atom. The maximum absolute atomic E-state index is 12.3. The molecule has 0 unspecified atom stereocenters. The molecule has 0 aliphatic carbocycles. The Morgan fingerprint density at radius 2 is 2.10 bits per heavy atom. The Balaban J connectivity index is 2.54. The summed E-state index contributed by atoms with van der Waals surface area (Å²) < 4.78 is 27.1. The average molecular weight is 377 g/mol. The first-order valence-electron chi connectivity index (χ1n) is 6.04. The summed E-state index contributed by atoms with van der Waals surface area (Å²) in [6, 6.07) is 3.12. The van der Waals surface area contributed by atoms with Gasteiger partial charge in [0.05, 0.1) is 5.69 Å². The number of amides is 1. The number of carboxylic acid groups (broad SMARTS) is 1. The van der Waals surface area contributed by atoms with Crippen molar-refractivity contribution in [3.8, 4) is 0 Å². The fourth-order valence-corrected chi connectivity index (χ4v) is 4.13. The lowest BCUT2D eigenvalue weighted by molar-refractivity contribution is -0.135. The lowest BCUT2D eigenvalue weighted by Gasteiger charge is -2.19. The van der Waals surface area contributed by atoms with Crippen molar-refractivity contribution in [2.45, 2.75) is 18.2 Å². The van der Waals surface area contributed by atoms with E-state index >= 15 is 0 Å². The third-order valence-corrected chi connectivity index (χ3v) is 4.95. The van der Waals surface area contributed by atoms with Crippen LogP contribution in [0.1, 0.15) is 12.5 Å². The summed E-state index contributed by atoms with van der Waals surface area (Å²) in [4.78, 5) is 23.5. The van der Waals surface area contributed by atoms with Crippen LogP contribution in [-0.2, 0) is 26.0 Å². The first kappa shape index (κ1) is 15.9. The molecule has 0 saturated heterocycles. The molecule has 0 fully saturated rings. The van der Waals surface area contributed by atoms with Gasteiger partial charge in [0, 0.05) is 17.9 Å². The molecule has 0 bridgehead atoms. The van der Waals surface area contributed by atoms with Crippen molar-refractivity contribution in [1.29, 1.82) is 0 Å². The number of nitrogens with one attached hydrogen (secondary N) is 1. The zero-order chi connectivity index (χ0) is 15.8. The third-order valence-electron chi connectivity index (χ3n) is 3.08. The fraction of sp³-hybridized carbons (Fsp3) is 0.333. The van der Waals surface area contributed by atoms with Gasteiger partial charge < -0.3 is 10.0 Å². The molecular formula is C12H13BrN2O5S. The summed E-state index contributed by atoms with van der Waals surface area (Å²) in [7, 11) is -4.02. The van der Waals surface area contributed by atoms with Crippen molar-refractivity contribution in [3.63, 3.8) is 0 Å². The molecule has 114 valence electrons. The largest absolute Gasteiger partial charge is 0.480 e. The van der Waals surface area contributed by atoms with Crippen LogP contribution in [0.4, 0.5) is 5.69 Å². The highest BCUT2D eigenvalue weighted by atomic mass is 79.9. The van der Waals surface area contributed by atoms with Gasteiger partial charge in [-0.3, -0.25) is 9.59 Å². The van der Waals surface area contributed by atoms with Gasteiger partial charge in [0.15, 0.2) is 0 Å². The number of hydrogen-bond acceptors (Lipinski definition) is 4. The standard InChI is InChI=1S/C12H13BrN2O5S/c1-7(16)15-3-2-8-4-9(13)5-10(12(8)15)21(19,20)14-6-11(17)18/h4-5,14H,2-3,6H2,1H3,(H,17,18). The highest BCUT2D eigenvalue weighted by molar-refractivity contribution is 9.10. The van der Waals surface area contributed by atoms with Gasteiger partial charge in [-0.25, -0.2) is 8.42 Å². The van der Waals surface area contributed by atoms with Crippen LogP contribution in [0.2, 0.25) is 0 Å². The fourth-order valence-electron chi connectivity index (χ4n) is 2.22. The van der Waals surface area contributed by atoms with E-state index in [1.54, 1.807) is 6.07 Å². The molecule has 7 nitrogen and oxygen atoms in total. The second-order valence-electron chi connectivity index (χ2n) is 4.55. The van der Waals surface area contributed by atoms with Gasteiger partial charge in [-0.05, 0) is 24.1 Å². The average Bonchev–Trinajstić information content (AvgIpc) is 2.79. The Morgan fingerprint density at radius 1 is 1.43 bits per heavy atom. The van der Waals surface area contributed by atoms with Crippen LogP contribution in [0, 0.1) is 0 Å². The number of carbonyl (C=O) groups excluding carboxylic acids is 1. The van der Waals surface area contributed by atoms with Crippen LogP contribution >= 0.6 is 15.9 Å². The van der Waals surface area contributed by atoms with Crippen LogP contribution in [0.3, 0.4) is 0 Å². The highest BCUT2D eigenvalue weighted by Gasteiger charge is 2.31. The molecule has 0 spiro atoms. The molecule has 21 heavy (non-hydrogen) atoms. The quantitative estimate of drug-likeness (QED) is 0.805. The summed E-state index contributed by atoms with van der Waals surface area (Å²) in [6.45, 7) is 1.05. The Bertz CT molecular complexity index is 717. The summed E-state index contributed by atoms with van der Waals surface area (Å²) in [5.74, 6) is -1.54. The van der Waals surface area contributed by atoms with E-state index in [4.69, 9.17) is 5.11 Å². The van der Waals surface area contributed by atoms with Crippen LogP contribution in [-0.4, -0.2) is 38.5 Å². The van der Waals surface area contributed by atoms with Crippen molar-refractivity contribution in [2.75, 3.05) is 18.0 Å². The lowest BCUT2D eigenvalue weighted by atomic mass is 10.2. The molecule has 0 atom stereocenters. The smallest absolute Gasteiger partial charge is 0.318 e. The van der Waals surface area contributed by atoms with E-state index in [-0.39, 0.29) is 10.8 Å². The van der Waals surface area contributed by atoms with Gasteiger partial charge in [0.1, 0.15) is 11.4 Å². The number of rotatable bonds is 4. The number of carboxylic acids is 1. The van der Waals surface area contributed by atoms with E-state index in [0.29, 0.717) is 23.1 Å². The zero-order valence-corrected chi connectivity index (χ0v) is 13.5. The molecular weight excluding hydrogens is 364 g/mol. The van der Waals surface area contributed by atoms with Crippen LogP contribution in [0.25, 0.3) is 0 Å². The van der Waals surface area contributed by atoms with Crippen molar-refractivity contribution < 1.29 is 23.1 Å². The van der Waals surface area contributed by atoms with Crippen molar-refractivity contribution in [3.05, 3.63) is 22.2 Å². The van der Waals surface area contributed by atoms with E-state index in [9.17, 15) is 18.0 Å². The molecule has 1 aliphatic heterocycles. The number of hydrogen-bond donors (Lipinski definition) is 2. The minimum atomic E-state index is -4.02. The lowest BCUT2D eigenvalue weighted by Crippen LogP contribution is -2.32. The minimum absolute atomic E-state index is 0.0965. The van der Waals surface area contributed by atoms with Gasteiger partial charge in [-0.2, -0.15) is 4.72 Å². The summed E-state index contributed by atoms with van der Waals surface area (Å²) in [5.41, 5.74) is 1.05. The van der Waals surface area contributed by atoms with Crippen molar-refractivity contribution in [2.24, 2.45) is 0 Å². The number of benzene rings is 1. The van der Waals surface area contributed by atoms with Crippen LogP contribution in [0.5, 0.6) is 0 Å². The third kappa shape index (κ3) is 3.25. The van der Waals surface area contributed by atoms with E-state index in [2.05, 4.69) is 15.9 Å². The first-order valence-corrected chi connectivity index (χ1v) is 8.32. The minimum Gasteiger partial charge on any atom is -0.480 e. The van der Waals surface area contributed by atoms with Crippen LogP contribution < -0.4 is 9.62 Å². The normalized spacial score (nSPS) is 14.1. The molecule has 0 aromatic heterocycles. The van der Waals surface area contributed by atoms with E-state index in [1.165, 1.54) is 17.9 Å². The molecule has 1 aromatic rings. The van der Waals surface area contributed by atoms with Crippen molar-refractivity contribution in [1.82, 2.24) is 4.72 Å². The SMILES string of the molecule is CC(=O)N1CCc2cc(Br)cc(S(=O)(=O)NCC(=O)O)c21.